The molecule has 0 bridgehead atoms. The van der Waals surface area contributed by atoms with E-state index in [0.717, 1.165) is 4.68 Å². The Morgan fingerprint density at radius 2 is 1.92 bits per heavy atom. The first kappa shape index (κ1) is 17.4. The lowest BCUT2D eigenvalue weighted by atomic mass is 10.2. The molecule has 0 radical (unpaired) electrons. The summed E-state index contributed by atoms with van der Waals surface area (Å²) in [6.45, 7) is 0. The molecule has 0 spiro atoms. The third-order valence-corrected chi connectivity index (χ3v) is 3.80. The number of methoxy groups -OCH3 is 1. The number of carbonyl (C=O) groups excluding carboxylic acids is 2. The van der Waals surface area contributed by atoms with Crippen molar-refractivity contribution in [3.63, 3.8) is 0 Å². The number of halogens is 1. The molecule has 1 amide bonds. The predicted molar refractivity (Wildman–Crippen MR) is 94.9 cm³/mol. The van der Waals surface area contributed by atoms with Crippen molar-refractivity contribution in [3.05, 3.63) is 75.4 Å². The van der Waals surface area contributed by atoms with Gasteiger partial charge in [0.05, 0.1) is 29.1 Å². The van der Waals surface area contributed by atoms with Crippen LogP contribution in [0.5, 0.6) is 0 Å². The molecule has 2 aromatic carbocycles. The van der Waals surface area contributed by atoms with Crippen LogP contribution in [0.4, 0.5) is 5.69 Å². The summed E-state index contributed by atoms with van der Waals surface area (Å²) in [6.07, 6.45) is 0. The van der Waals surface area contributed by atoms with Gasteiger partial charge < -0.3 is 10.1 Å². The second kappa shape index (κ2) is 7.24. The van der Waals surface area contributed by atoms with Crippen LogP contribution in [-0.4, -0.2) is 33.8 Å². The van der Waals surface area contributed by atoms with Crippen LogP contribution < -0.4 is 11.0 Å². The van der Waals surface area contributed by atoms with Gasteiger partial charge in [-0.15, -0.1) is 5.10 Å². The molecule has 1 heterocycles. The van der Waals surface area contributed by atoms with Gasteiger partial charge in [0, 0.05) is 0 Å². The topological polar surface area (TPSA) is 106 Å². The van der Waals surface area contributed by atoms with Crippen LogP contribution >= 0.6 is 11.6 Å². The van der Waals surface area contributed by atoms with E-state index in [-0.39, 0.29) is 22.1 Å². The Bertz CT molecular complexity index is 1030. The molecular weight excluding hydrogens is 360 g/mol. The van der Waals surface area contributed by atoms with Gasteiger partial charge in [-0.05, 0) is 30.3 Å². The Morgan fingerprint density at radius 1 is 1.19 bits per heavy atom. The summed E-state index contributed by atoms with van der Waals surface area (Å²) in [5, 5.41) is 6.71. The quantitative estimate of drug-likeness (QED) is 0.683. The number of hydrogen-bond donors (Lipinski definition) is 2. The fourth-order valence-corrected chi connectivity index (χ4v) is 2.38. The Morgan fingerprint density at radius 3 is 2.62 bits per heavy atom. The largest absolute Gasteiger partial charge is 0.465 e. The first-order valence-electron chi connectivity index (χ1n) is 7.43. The van der Waals surface area contributed by atoms with Crippen LogP contribution in [0, 0.1) is 0 Å². The minimum Gasteiger partial charge on any atom is -0.465 e. The lowest BCUT2D eigenvalue weighted by Crippen LogP contribution is -2.16. The monoisotopic (exact) mass is 372 g/mol. The Kier molecular flexibility index (Phi) is 4.85. The predicted octanol–water partition coefficient (Wildman–Crippen LogP) is 2.25. The Balaban J connectivity index is 1.88. The van der Waals surface area contributed by atoms with Crippen molar-refractivity contribution in [2.24, 2.45) is 0 Å². The van der Waals surface area contributed by atoms with E-state index in [4.69, 9.17) is 11.6 Å². The van der Waals surface area contributed by atoms with Crippen molar-refractivity contribution < 1.29 is 14.3 Å². The van der Waals surface area contributed by atoms with Crippen molar-refractivity contribution in [2.75, 3.05) is 12.4 Å². The zero-order valence-corrected chi connectivity index (χ0v) is 14.3. The maximum atomic E-state index is 12.4. The van der Waals surface area contributed by atoms with Crippen molar-refractivity contribution in [1.82, 2.24) is 14.8 Å². The van der Waals surface area contributed by atoms with Crippen LogP contribution in [0.3, 0.4) is 0 Å². The number of para-hydroxylation sites is 1. The summed E-state index contributed by atoms with van der Waals surface area (Å²) in [5.41, 5.74) is 0.361. The summed E-state index contributed by atoms with van der Waals surface area (Å²) in [5.74, 6) is -1.45. The van der Waals surface area contributed by atoms with E-state index in [2.05, 4.69) is 20.1 Å². The molecule has 1 aromatic heterocycles. The summed E-state index contributed by atoms with van der Waals surface area (Å²) in [6, 6.07) is 12.9. The third kappa shape index (κ3) is 3.50. The number of nitrogens with zero attached hydrogens (tertiary/aromatic N) is 2. The summed E-state index contributed by atoms with van der Waals surface area (Å²) >= 11 is 6.04. The number of ether oxygens (including phenoxy) is 1. The second-order valence-electron chi connectivity index (χ2n) is 5.17. The van der Waals surface area contributed by atoms with Crippen molar-refractivity contribution in [3.8, 4) is 5.69 Å². The second-order valence-corrected chi connectivity index (χ2v) is 5.57. The minimum atomic E-state index is -0.680. The van der Waals surface area contributed by atoms with Crippen molar-refractivity contribution in [2.45, 2.75) is 0 Å². The molecule has 0 unspecified atom stereocenters. The van der Waals surface area contributed by atoms with E-state index in [1.807, 2.05) is 0 Å². The van der Waals surface area contributed by atoms with E-state index in [1.165, 1.54) is 25.3 Å². The van der Waals surface area contributed by atoms with Gasteiger partial charge >= 0.3 is 11.7 Å². The number of anilines is 1. The van der Waals surface area contributed by atoms with Crippen LogP contribution in [0.2, 0.25) is 5.02 Å². The standard InChI is InChI=1S/C17H13ClN4O4/c1-26-16(24)10-7-8-12(18)13(9-10)19-15(23)14-20-17(25)22(21-14)11-5-3-2-4-6-11/h2-9H,1H3,(H,19,23)(H,20,21,25). The molecule has 9 heteroatoms. The number of rotatable bonds is 4. The average Bonchev–Trinajstić information content (AvgIpc) is 3.05. The van der Waals surface area contributed by atoms with Gasteiger partial charge in [-0.25, -0.2) is 9.59 Å². The molecule has 0 saturated carbocycles. The molecule has 0 aliphatic carbocycles. The Labute approximate surface area is 152 Å². The number of aromatic amines is 1. The number of benzene rings is 2. The van der Waals surface area contributed by atoms with E-state index >= 15 is 0 Å². The molecular formula is C17H13ClN4O4. The number of carbonyl (C=O) groups is 2. The van der Waals surface area contributed by atoms with Crippen LogP contribution in [0.25, 0.3) is 5.69 Å². The summed E-state index contributed by atoms with van der Waals surface area (Å²) in [4.78, 5) is 38.4. The number of nitrogens with one attached hydrogen (secondary N) is 2. The fourth-order valence-electron chi connectivity index (χ4n) is 2.22. The Hall–Kier alpha value is -3.39. The molecule has 0 atom stereocenters. The molecule has 3 aromatic rings. The van der Waals surface area contributed by atoms with Gasteiger partial charge in [0.2, 0.25) is 5.82 Å². The van der Waals surface area contributed by atoms with Gasteiger partial charge in [0.15, 0.2) is 0 Å². The average molecular weight is 373 g/mol. The highest BCUT2D eigenvalue weighted by Gasteiger charge is 2.17. The number of H-pyrrole nitrogens is 1. The summed E-state index contributed by atoms with van der Waals surface area (Å²) in [7, 11) is 1.25. The number of amides is 1. The molecule has 0 aliphatic heterocycles. The first-order valence-corrected chi connectivity index (χ1v) is 7.81. The maximum Gasteiger partial charge on any atom is 0.348 e. The molecule has 2 N–H and O–H groups in total. The van der Waals surface area contributed by atoms with Gasteiger partial charge in [-0.2, -0.15) is 4.68 Å². The number of esters is 1. The normalized spacial score (nSPS) is 10.4. The van der Waals surface area contributed by atoms with E-state index < -0.39 is 17.6 Å². The maximum absolute atomic E-state index is 12.4. The molecule has 0 fully saturated rings. The first-order chi connectivity index (χ1) is 12.5. The number of hydrogen-bond acceptors (Lipinski definition) is 5. The number of aromatic nitrogens is 3. The lowest BCUT2D eigenvalue weighted by molar-refractivity contribution is 0.0600. The molecule has 132 valence electrons. The molecule has 8 nitrogen and oxygen atoms in total. The van der Waals surface area contributed by atoms with Gasteiger partial charge in [0.25, 0.3) is 5.91 Å². The van der Waals surface area contributed by atoms with E-state index in [9.17, 15) is 14.4 Å². The highest BCUT2D eigenvalue weighted by Crippen LogP contribution is 2.23. The van der Waals surface area contributed by atoms with Crippen LogP contribution in [-0.2, 0) is 4.74 Å². The van der Waals surface area contributed by atoms with Crippen LogP contribution in [0.1, 0.15) is 21.0 Å². The zero-order chi connectivity index (χ0) is 18.7. The van der Waals surface area contributed by atoms with E-state index in [0.29, 0.717) is 5.69 Å². The SMILES string of the molecule is COC(=O)c1ccc(Cl)c(NC(=O)c2nn(-c3ccccc3)c(=O)[nH]2)c1. The molecule has 0 aliphatic rings. The van der Waals surface area contributed by atoms with Gasteiger partial charge in [-0.1, -0.05) is 29.8 Å². The molecule has 26 heavy (non-hydrogen) atoms. The zero-order valence-electron chi connectivity index (χ0n) is 13.5. The highest BCUT2D eigenvalue weighted by atomic mass is 35.5. The van der Waals surface area contributed by atoms with Gasteiger partial charge in [-0.3, -0.25) is 9.78 Å². The van der Waals surface area contributed by atoms with Crippen molar-refractivity contribution in [1.29, 1.82) is 0 Å². The molecule has 3 rings (SSSR count). The summed E-state index contributed by atoms with van der Waals surface area (Å²) < 4.78 is 5.70. The van der Waals surface area contributed by atoms with Gasteiger partial charge in [0.1, 0.15) is 0 Å². The fraction of sp³-hybridized carbons (Fsp3) is 0.0588. The van der Waals surface area contributed by atoms with E-state index in [1.54, 1.807) is 30.3 Å². The third-order valence-electron chi connectivity index (χ3n) is 3.47. The smallest absolute Gasteiger partial charge is 0.348 e. The minimum absolute atomic E-state index is 0.190. The van der Waals surface area contributed by atoms with Crippen LogP contribution in [0.15, 0.2) is 53.3 Å². The molecule has 0 saturated heterocycles. The highest BCUT2D eigenvalue weighted by molar-refractivity contribution is 6.34. The lowest BCUT2D eigenvalue weighted by Gasteiger charge is -2.07. The van der Waals surface area contributed by atoms with Crippen molar-refractivity contribution >= 4 is 29.2 Å².